The maximum Gasteiger partial charge on any atom is 0.325 e. The minimum absolute atomic E-state index is 0.0320. The molecule has 1 N–H and O–H groups in total. The fraction of sp³-hybridized carbons (Fsp3) is 0.846. The predicted octanol–water partition coefficient (Wildman–Crippen LogP) is 1.15. The molecule has 0 unspecified atom stereocenters. The van der Waals surface area contributed by atoms with Gasteiger partial charge in [-0.15, -0.1) is 0 Å². The van der Waals surface area contributed by atoms with E-state index in [1.54, 1.807) is 14.0 Å². The minimum atomic E-state index is -0.389. The normalized spacial score (nSPS) is 15.3. The van der Waals surface area contributed by atoms with Gasteiger partial charge in [-0.3, -0.25) is 4.79 Å². The summed E-state index contributed by atoms with van der Waals surface area (Å²) in [6, 6.07) is 0.0248. The van der Waals surface area contributed by atoms with Gasteiger partial charge in [-0.25, -0.2) is 4.79 Å². The molecule has 6 nitrogen and oxygen atoms in total. The summed E-state index contributed by atoms with van der Waals surface area (Å²) in [7, 11) is 1.57. The highest BCUT2D eigenvalue weighted by atomic mass is 16.5. The van der Waals surface area contributed by atoms with Crippen molar-refractivity contribution in [2.24, 2.45) is 0 Å². The van der Waals surface area contributed by atoms with Gasteiger partial charge in [-0.1, -0.05) is 12.8 Å². The van der Waals surface area contributed by atoms with E-state index in [4.69, 9.17) is 9.47 Å². The standard InChI is InChI=1S/C13H24N2O4/c1-3-19-12(16)10-15(8-9-18-2)13(17)14-11-6-4-5-7-11/h11H,3-10H2,1-2H3,(H,14,17). The number of carbonyl (C=O) groups is 2. The molecule has 19 heavy (non-hydrogen) atoms. The zero-order valence-electron chi connectivity index (χ0n) is 11.8. The molecule has 1 saturated carbocycles. The molecule has 1 aliphatic carbocycles. The molecular weight excluding hydrogens is 248 g/mol. The first-order valence-electron chi connectivity index (χ1n) is 6.87. The highest BCUT2D eigenvalue weighted by Gasteiger charge is 2.22. The Hall–Kier alpha value is -1.30. The second-order valence-electron chi connectivity index (χ2n) is 4.65. The van der Waals surface area contributed by atoms with E-state index in [0.717, 1.165) is 25.7 Å². The Morgan fingerprint density at radius 2 is 2.00 bits per heavy atom. The third kappa shape index (κ3) is 5.92. The van der Waals surface area contributed by atoms with Gasteiger partial charge >= 0.3 is 12.0 Å². The second kappa shape index (κ2) is 8.74. The predicted molar refractivity (Wildman–Crippen MR) is 70.9 cm³/mol. The number of esters is 1. The molecular formula is C13H24N2O4. The summed E-state index contributed by atoms with van der Waals surface area (Å²) in [4.78, 5) is 25.0. The van der Waals surface area contributed by atoms with Crippen molar-refractivity contribution >= 4 is 12.0 Å². The second-order valence-corrected chi connectivity index (χ2v) is 4.65. The molecule has 0 spiro atoms. The van der Waals surface area contributed by atoms with Crippen LogP contribution in [0.4, 0.5) is 4.79 Å². The molecule has 0 aromatic rings. The van der Waals surface area contributed by atoms with Crippen LogP contribution in [-0.4, -0.2) is 56.4 Å². The van der Waals surface area contributed by atoms with Crippen LogP contribution in [-0.2, 0) is 14.3 Å². The van der Waals surface area contributed by atoms with E-state index in [1.165, 1.54) is 4.90 Å². The number of rotatable bonds is 7. The van der Waals surface area contributed by atoms with Gasteiger partial charge in [-0.2, -0.15) is 0 Å². The summed E-state index contributed by atoms with van der Waals surface area (Å²) in [6.45, 7) is 2.82. The Balaban J connectivity index is 2.45. The van der Waals surface area contributed by atoms with Gasteiger partial charge in [0.25, 0.3) is 0 Å². The summed E-state index contributed by atoms with van der Waals surface area (Å²) >= 11 is 0. The van der Waals surface area contributed by atoms with E-state index < -0.39 is 0 Å². The summed E-state index contributed by atoms with van der Waals surface area (Å²) < 4.78 is 9.83. The summed E-state index contributed by atoms with van der Waals surface area (Å²) in [5, 5.41) is 2.96. The highest BCUT2D eigenvalue weighted by Crippen LogP contribution is 2.17. The Bertz CT molecular complexity index is 290. The van der Waals surface area contributed by atoms with Gasteiger partial charge < -0.3 is 19.7 Å². The van der Waals surface area contributed by atoms with Gasteiger partial charge in [0.2, 0.25) is 0 Å². The number of carbonyl (C=O) groups excluding carboxylic acids is 2. The van der Waals surface area contributed by atoms with E-state index in [0.29, 0.717) is 19.8 Å². The first-order chi connectivity index (χ1) is 9.17. The fourth-order valence-corrected chi connectivity index (χ4v) is 2.15. The lowest BCUT2D eigenvalue weighted by molar-refractivity contribution is -0.143. The Morgan fingerprint density at radius 3 is 2.58 bits per heavy atom. The smallest absolute Gasteiger partial charge is 0.325 e. The minimum Gasteiger partial charge on any atom is -0.465 e. The van der Waals surface area contributed by atoms with Crippen LogP contribution >= 0.6 is 0 Å². The molecule has 0 saturated heterocycles. The van der Waals surface area contributed by atoms with Crippen LogP contribution in [0.2, 0.25) is 0 Å². The van der Waals surface area contributed by atoms with Crippen LogP contribution in [0, 0.1) is 0 Å². The maximum absolute atomic E-state index is 12.1. The van der Waals surface area contributed by atoms with E-state index in [9.17, 15) is 9.59 Å². The molecule has 110 valence electrons. The lowest BCUT2D eigenvalue weighted by Gasteiger charge is -2.24. The molecule has 6 heteroatoms. The van der Waals surface area contributed by atoms with Crippen LogP contribution in [0.1, 0.15) is 32.6 Å². The van der Waals surface area contributed by atoms with Crippen molar-refractivity contribution in [1.82, 2.24) is 10.2 Å². The van der Waals surface area contributed by atoms with Crippen LogP contribution < -0.4 is 5.32 Å². The molecule has 2 amide bonds. The number of hydrogen-bond donors (Lipinski definition) is 1. The number of ether oxygens (including phenoxy) is 2. The number of urea groups is 1. The monoisotopic (exact) mass is 272 g/mol. The fourth-order valence-electron chi connectivity index (χ4n) is 2.15. The van der Waals surface area contributed by atoms with Gasteiger partial charge in [0.15, 0.2) is 0 Å². The first kappa shape index (κ1) is 15.8. The number of amides is 2. The van der Waals surface area contributed by atoms with Crippen LogP contribution in [0.5, 0.6) is 0 Å². The van der Waals surface area contributed by atoms with E-state index >= 15 is 0 Å². The molecule has 1 aliphatic rings. The molecule has 0 bridgehead atoms. The average Bonchev–Trinajstić information content (AvgIpc) is 2.87. The number of nitrogens with one attached hydrogen (secondary N) is 1. The quantitative estimate of drug-likeness (QED) is 0.706. The van der Waals surface area contributed by atoms with Gasteiger partial charge in [0.1, 0.15) is 6.54 Å². The lowest BCUT2D eigenvalue weighted by atomic mass is 10.2. The largest absolute Gasteiger partial charge is 0.465 e. The molecule has 1 rings (SSSR count). The zero-order valence-corrected chi connectivity index (χ0v) is 11.8. The summed E-state index contributed by atoms with van der Waals surface area (Å²) in [5.74, 6) is -0.389. The molecule has 0 radical (unpaired) electrons. The molecule has 0 heterocycles. The third-order valence-electron chi connectivity index (χ3n) is 3.16. The molecule has 0 atom stereocenters. The van der Waals surface area contributed by atoms with Gasteiger partial charge in [0, 0.05) is 19.7 Å². The average molecular weight is 272 g/mol. The molecule has 0 aliphatic heterocycles. The van der Waals surface area contributed by atoms with E-state index in [-0.39, 0.29) is 24.6 Å². The molecule has 1 fully saturated rings. The molecule has 0 aromatic heterocycles. The number of methoxy groups -OCH3 is 1. The Labute approximate surface area is 114 Å². The number of hydrogen-bond acceptors (Lipinski definition) is 4. The van der Waals surface area contributed by atoms with Crippen molar-refractivity contribution < 1.29 is 19.1 Å². The number of nitrogens with zero attached hydrogens (tertiary/aromatic N) is 1. The van der Waals surface area contributed by atoms with Gasteiger partial charge in [-0.05, 0) is 19.8 Å². The van der Waals surface area contributed by atoms with E-state index in [2.05, 4.69) is 5.32 Å². The van der Waals surface area contributed by atoms with Crippen LogP contribution in [0.3, 0.4) is 0 Å². The molecule has 0 aromatic carbocycles. The van der Waals surface area contributed by atoms with Gasteiger partial charge in [0.05, 0.1) is 13.2 Å². The Kier molecular flexibility index (Phi) is 7.25. The van der Waals surface area contributed by atoms with Crippen molar-refractivity contribution in [2.45, 2.75) is 38.6 Å². The summed E-state index contributed by atoms with van der Waals surface area (Å²) in [6.07, 6.45) is 4.34. The van der Waals surface area contributed by atoms with E-state index in [1.807, 2.05) is 0 Å². The van der Waals surface area contributed by atoms with Crippen LogP contribution in [0.25, 0.3) is 0 Å². The van der Waals surface area contributed by atoms with Crippen molar-refractivity contribution in [3.05, 3.63) is 0 Å². The zero-order chi connectivity index (χ0) is 14.1. The summed E-state index contributed by atoms with van der Waals surface area (Å²) in [5.41, 5.74) is 0. The van der Waals surface area contributed by atoms with Crippen LogP contribution in [0.15, 0.2) is 0 Å². The topological polar surface area (TPSA) is 67.9 Å². The van der Waals surface area contributed by atoms with Crippen molar-refractivity contribution in [3.63, 3.8) is 0 Å². The van der Waals surface area contributed by atoms with Crippen molar-refractivity contribution in [2.75, 3.05) is 33.4 Å². The Morgan fingerprint density at radius 1 is 1.32 bits per heavy atom. The van der Waals surface area contributed by atoms with Crippen molar-refractivity contribution in [1.29, 1.82) is 0 Å². The maximum atomic E-state index is 12.1. The van der Waals surface area contributed by atoms with Crippen molar-refractivity contribution in [3.8, 4) is 0 Å². The highest BCUT2D eigenvalue weighted by molar-refractivity contribution is 5.81. The third-order valence-corrected chi connectivity index (χ3v) is 3.16. The first-order valence-corrected chi connectivity index (χ1v) is 6.87. The lowest BCUT2D eigenvalue weighted by Crippen LogP contribution is -2.47. The SMILES string of the molecule is CCOC(=O)CN(CCOC)C(=O)NC1CCCC1.